The Morgan fingerprint density at radius 1 is 1.33 bits per heavy atom. The third-order valence-corrected chi connectivity index (χ3v) is 2.61. The van der Waals surface area contributed by atoms with Gasteiger partial charge in [0, 0.05) is 23.6 Å². The molecule has 1 aromatic carbocycles. The standard InChI is InChI=1S/C10H16N2O2S/c1-13-4-5-14-8-2-3-9(12)10(6-8)15-7-11/h2-3,6H,4-5,7,11-12H2,1H3. The van der Waals surface area contributed by atoms with Gasteiger partial charge in [-0.15, -0.1) is 11.8 Å². The lowest BCUT2D eigenvalue weighted by Gasteiger charge is -2.08. The first-order chi connectivity index (χ1) is 7.27. The van der Waals surface area contributed by atoms with Gasteiger partial charge in [0.1, 0.15) is 12.4 Å². The molecule has 15 heavy (non-hydrogen) atoms. The average Bonchev–Trinajstić information content (AvgIpc) is 2.23. The van der Waals surface area contributed by atoms with Crippen LogP contribution < -0.4 is 16.2 Å². The van der Waals surface area contributed by atoms with Gasteiger partial charge in [0.05, 0.1) is 6.61 Å². The molecule has 4 N–H and O–H groups in total. The Kier molecular flexibility index (Phi) is 5.31. The summed E-state index contributed by atoms with van der Waals surface area (Å²) < 4.78 is 10.3. The third-order valence-electron chi connectivity index (χ3n) is 1.78. The maximum atomic E-state index is 5.77. The van der Waals surface area contributed by atoms with Gasteiger partial charge in [-0.1, -0.05) is 0 Å². The highest BCUT2D eigenvalue weighted by atomic mass is 32.2. The lowest BCUT2D eigenvalue weighted by Crippen LogP contribution is -2.04. The second-order valence-electron chi connectivity index (χ2n) is 2.85. The minimum Gasteiger partial charge on any atom is -0.491 e. The number of benzene rings is 1. The fourth-order valence-electron chi connectivity index (χ4n) is 1.06. The summed E-state index contributed by atoms with van der Waals surface area (Å²) >= 11 is 1.50. The van der Waals surface area contributed by atoms with E-state index < -0.39 is 0 Å². The number of rotatable bonds is 6. The van der Waals surface area contributed by atoms with Crippen LogP contribution in [0, 0.1) is 0 Å². The molecule has 1 rings (SSSR count). The molecule has 84 valence electrons. The van der Waals surface area contributed by atoms with Crippen LogP contribution in [-0.4, -0.2) is 26.2 Å². The van der Waals surface area contributed by atoms with Crippen LogP contribution in [0.2, 0.25) is 0 Å². The molecular formula is C10H16N2O2S. The zero-order valence-corrected chi connectivity index (χ0v) is 9.55. The summed E-state index contributed by atoms with van der Waals surface area (Å²) in [5.74, 6) is 1.29. The molecule has 0 amide bonds. The van der Waals surface area contributed by atoms with E-state index in [1.807, 2.05) is 18.2 Å². The van der Waals surface area contributed by atoms with Gasteiger partial charge in [-0.2, -0.15) is 0 Å². The van der Waals surface area contributed by atoms with Crippen molar-refractivity contribution in [3.63, 3.8) is 0 Å². The van der Waals surface area contributed by atoms with Gasteiger partial charge in [-0.05, 0) is 18.2 Å². The average molecular weight is 228 g/mol. The molecule has 0 atom stereocenters. The van der Waals surface area contributed by atoms with Crippen LogP contribution >= 0.6 is 11.8 Å². The van der Waals surface area contributed by atoms with E-state index in [1.165, 1.54) is 11.8 Å². The van der Waals surface area contributed by atoms with Crippen molar-refractivity contribution < 1.29 is 9.47 Å². The molecule has 0 unspecified atom stereocenters. The minimum absolute atomic E-state index is 0.506. The van der Waals surface area contributed by atoms with Gasteiger partial charge in [0.2, 0.25) is 0 Å². The summed E-state index contributed by atoms with van der Waals surface area (Å²) in [6.45, 7) is 1.11. The minimum atomic E-state index is 0.506. The van der Waals surface area contributed by atoms with Crippen LogP contribution in [0.4, 0.5) is 5.69 Å². The molecule has 0 saturated heterocycles. The summed E-state index contributed by atoms with van der Waals surface area (Å²) in [6, 6.07) is 5.55. The Hall–Kier alpha value is -0.910. The summed E-state index contributed by atoms with van der Waals surface area (Å²) in [7, 11) is 1.64. The first-order valence-electron chi connectivity index (χ1n) is 4.62. The summed E-state index contributed by atoms with van der Waals surface area (Å²) in [5.41, 5.74) is 11.9. The van der Waals surface area contributed by atoms with Crippen molar-refractivity contribution in [3.05, 3.63) is 18.2 Å². The van der Waals surface area contributed by atoms with Crippen molar-refractivity contribution in [1.82, 2.24) is 0 Å². The second kappa shape index (κ2) is 6.55. The van der Waals surface area contributed by atoms with E-state index in [1.54, 1.807) is 7.11 Å². The largest absolute Gasteiger partial charge is 0.491 e. The SMILES string of the molecule is COCCOc1ccc(N)c(SCN)c1. The van der Waals surface area contributed by atoms with Gasteiger partial charge < -0.3 is 20.9 Å². The number of ether oxygens (including phenoxy) is 2. The quantitative estimate of drug-likeness (QED) is 0.332. The van der Waals surface area contributed by atoms with Gasteiger partial charge in [0.25, 0.3) is 0 Å². The molecule has 0 saturated carbocycles. The van der Waals surface area contributed by atoms with E-state index in [9.17, 15) is 0 Å². The fourth-order valence-corrected chi connectivity index (χ4v) is 1.68. The van der Waals surface area contributed by atoms with Gasteiger partial charge in [-0.25, -0.2) is 0 Å². The molecule has 0 radical (unpaired) electrons. The van der Waals surface area contributed by atoms with Crippen LogP contribution in [0.5, 0.6) is 5.75 Å². The molecule has 4 nitrogen and oxygen atoms in total. The number of anilines is 1. The predicted molar refractivity (Wildman–Crippen MR) is 63.1 cm³/mol. The number of nitrogens with two attached hydrogens (primary N) is 2. The molecule has 0 fully saturated rings. The number of hydrogen-bond donors (Lipinski definition) is 2. The Bertz CT molecular complexity index is 307. The van der Waals surface area contributed by atoms with Crippen LogP contribution in [0.15, 0.2) is 23.1 Å². The third kappa shape index (κ3) is 3.99. The summed E-state index contributed by atoms with van der Waals surface area (Å²) in [6.07, 6.45) is 0. The number of methoxy groups -OCH3 is 1. The molecule has 0 spiro atoms. The predicted octanol–water partition coefficient (Wildman–Crippen LogP) is 1.30. The Morgan fingerprint density at radius 2 is 2.13 bits per heavy atom. The Labute approximate surface area is 93.9 Å². The number of thioether (sulfide) groups is 1. The van der Waals surface area contributed by atoms with Crippen molar-refractivity contribution in [2.24, 2.45) is 5.73 Å². The second-order valence-corrected chi connectivity index (χ2v) is 3.91. The Balaban J connectivity index is 2.61. The van der Waals surface area contributed by atoms with Crippen LogP contribution in [0.25, 0.3) is 0 Å². The van der Waals surface area contributed by atoms with Crippen molar-refractivity contribution in [1.29, 1.82) is 0 Å². The summed E-state index contributed by atoms with van der Waals surface area (Å²) in [5, 5.41) is 0. The topological polar surface area (TPSA) is 70.5 Å². The lowest BCUT2D eigenvalue weighted by molar-refractivity contribution is 0.146. The van der Waals surface area contributed by atoms with Crippen molar-refractivity contribution in [2.45, 2.75) is 4.90 Å². The molecule has 0 aliphatic heterocycles. The molecule has 0 bridgehead atoms. The zero-order valence-electron chi connectivity index (χ0n) is 8.73. The molecule has 0 aliphatic rings. The maximum absolute atomic E-state index is 5.77. The number of hydrogen-bond acceptors (Lipinski definition) is 5. The van der Waals surface area contributed by atoms with E-state index in [0.29, 0.717) is 19.1 Å². The highest BCUT2D eigenvalue weighted by molar-refractivity contribution is 7.99. The van der Waals surface area contributed by atoms with Crippen LogP contribution in [-0.2, 0) is 4.74 Å². The van der Waals surface area contributed by atoms with Crippen LogP contribution in [0.3, 0.4) is 0 Å². The van der Waals surface area contributed by atoms with Gasteiger partial charge in [0.15, 0.2) is 0 Å². The number of nitrogen functional groups attached to an aromatic ring is 1. The first-order valence-corrected chi connectivity index (χ1v) is 5.60. The zero-order chi connectivity index (χ0) is 11.1. The van der Waals surface area contributed by atoms with Crippen molar-refractivity contribution in [2.75, 3.05) is 31.9 Å². The highest BCUT2D eigenvalue weighted by Gasteiger charge is 2.01. The van der Waals surface area contributed by atoms with E-state index in [4.69, 9.17) is 20.9 Å². The van der Waals surface area contributed by atoms with E-state index in [-0.39, 0.29) is 0 Å². The fraction of sp³-hybridized carbons (Fsp3) is 0.400. The molecule has 5 heteroatoms. The first kappa shape index (κ1) is 12.2. The maximum Gasteiger partial charge on any atom is 0.120 e. The van der Waals surface area contributed by atoms with E-state index >= 15 is 0 Å². The monoisotopic (exact) mass is 228 g/mol. The summed E-state index contributed by atoms with van der Waals surface area (Å²) in [4.78, 5) is 0.951. The lowest BCUT2D eigenvalue weighted by atomic mass is 10.3. The highest BCUT2D eigenvalue weighted by Crippen LogP contribution is 2.28. The normalized spacial score (nSPS) is 10.3. The van der Waals surface area contributed by atoms with Crippen molar-refractivity contribution >= 4 is 17.4 Å². The molecular weight excluding hydrogens is 212 g/mol. The molecule has 0 aliphatic carbocycles. The molecule has 0 aromatic heterocycles. The van der Waals surface area contributed by atoms with Gasteiger partial charge >= 0.3 is 0 Å². The van der Waals surface area contributed by atoms with Gasteiger partial charge in [-0.3, -0.25) is 0 Å². The van der Waals surface area contributed by atoms with E-state index in [2.05, 4.69) is 0 Å². The van der Waals surface area contributed by atoms with Crippen molar-refractivity contribution in [3.8, 4) is 5.75 Å². The molecule has 0 heterocycles. The molecule has 1 aromatic rings. The van der Waals surface area contributed by atoms with Crippen LogP contribution in [0.1, 0.15) is 0 Å². The smallest absolute Gasteiger partial charge is 0.120 e. The Morgan fingerprint density at radius 3 is 2.80 bits per heavy atom. The van der Waals surface area contributed by atoms with E-state index in [0.717, 1.165) is 16.3 Å².